The van der Waals surface area contributed by atoms with Crippen molar-refractivity contribution < 1.29 is 0 Å². The highest BCUT2D eigenvalue weighted by molar-refractivity contribution is 7.11. The largest absolute Gasteiger partial charge is 0.302 e. The van der Waals surface area contributed by atoms with Gasteiger partial charge >= 0.3 is 0 Å². The fraction of sp³-hybridized carbons (Fsp3) is 0.471. The first-order valence-electron chi connectivity index (χ1n) is 7.15. The van der Waals surface area contributed by atoms with Crippen molar-refractivity contribution >= 4 is 11.3 Å². The molecule has 2 rings (SSSR count). The van der Waals surface area contributed by atoms with Crippen LogP contribution < -0.4 is 5.32 Å². The second kappa shape index (κ2) is 6.06. The summed E-state index contributed by atoms with van der Waals surface area (Å²) in [4.78, 5) is 6.07. The lowest BCUT2D eigenvalue weighted by atomic mass is 9.98. The third-order valence-electron chi connectivity index (χ3n) is 3.54. The number of thiazole rings is 1. The third kappa shape index (κ3) is 3.28. The van der Waals surface area contributed by atoms with Crippen LogP contribution in [0.4, 0.5) is 0 Å². The van der Waals surface area contributed by atoms with Gasteiger partial charge in [0.2, 0.25) is 0 Å². The van der Waals surface area contributed by atoms with E-state index in [1.54, 1.807) is 11.3 Å². The Labute approximate surface area is 126 Å². The summed E-state index contributed by atoms with van der Waals surface area (Å²) in [6.45, 7) is 12.9. The van der Waals surface area contributed by atoms with Gasteiger partial charge in [-0.1, -0.05) is 23.8 Å². The van der Waals surface area contributed by atoms with Crippen LogP contribution in [0.5, 0.6) is 0 Å². The molecule has 0 saturated heterocycles. The summed E-state index contributed by atoms with van der Waals surface area (Å²) in [5, 5.41) is 4.84. The molecule has 1 aromatic heterocycles. The molecular weight excluding hydrogens is 264 g/mol. The summed E-state index contributed by atoms with van der Waals surface area (Å²) in [6.07, 6.45) is 0. The molecule has 0 radical (unpaired) electrons. The van der Waals surface area contributed by atoms with Gasteiger partial charge in [-0.3, -0.25) is 0 Å². The zero-order valence-corrected chi connectivity index (χ0v) is 14.1. The highest BCUT2D eigenvalue weighted by Gasteiger charge is 2.21. The maximum atomic E-state index is 4.77. The molecule has 0 aliphatic heterocycles. The zero-order chi connectivity index (χ0) is 14.9. The van der Waals surface area contributed by atoms with E-state index in [1.807, 2.05) is 0 Å². The Kier molecular flexibility index (Phi) is 4.61. The monoisotopic (exact) mass is 288 g/mol. The summed E-state index contributed by atoms with van der Waals surface area (Å²) in [7, 11) is 0. The van der Waals surface area contributed by atoms with Crippen molar-refractivity contribution in [2.24, 2.45) is 0 Å². The molecule has 20 heavy (non-hydrogen) atoms. The van der Waals surface area contributed by atoms with Gasteiger partial charge in [0.15, 0.2) is 0 Å². The number of aryl methyl sites for hydroxylation is 4. The summed E-state index contributed by atoms with van der Waals surface area (Å²) in [5.41, 5.74) is 5.10. The van der Waals surface area contributed by atoms with Crippen molar-refractivity contribution in [3.05, 3.63) is 50.5 Å². The molecule has 2 aromatic rings. The lowest BCUT2D eigenvalue weighted by Gasteiger charge is -2.22. The van der Waals surface area contributed by atoms with Crippen LogP contribution >= 0.6 is 11.3 Å². The van der Waals surface area contributed by atoms with Gasteiger partial charge in [-0.15, -0.1) is 11.3 Å². The lowest BCUT2D eigenvalue weighted by molar-refractivity contribution is 0.525. The minimum Gasteiger partial charge on any atom is -0.302 e. The molecule has 0 fully saturated rings. The van der Waals surface area contributed by atoms with Crippen LogP contribution in [0.3, 0.4) is 0 Å². The van der Waals surface area contributed by atoms with Gasteiger partial charge in [0, 0.05) is 10.9 Å². The molecule has 1 atom stereocenters. The summed E-state index contributed by atoms with van der Waals surface area (Å²) in [6, 6.07) is 7.26. The molecule has 1 unspecified atom stereocenters. The van der Waals surface area contributed by atoms with Gasteiger partial charge in [0.25, 0.3) is 0 Å². The predicted molar refractivity (Wildman–Crippen MR) is 87.6 cm³/mol. The highest BCUT2D eigenvalue weighted by Crippen LogP contribution is 2.30. The zero-order valence-electron chi connectivity index (χ0n) is 13.2. The first-order chi connectivity index (χ1) is 9.38. The Morgan fingerprint density at radius 3 is 2.35 bits per heavy atom. The molecule has 0 amide bonds. The normalized spacial score (nSPS) is 12.9. The molecule has 3 heteroatoms. The standard InChI is InChI=1S/C17H24N2S/c1-10(2)18-16(17-19-13(5)14(6)20-17)15-9-11(3)7-8-12(15)4/h7-10,16,18H,1-6H3. The maximum absolute atomic E-state index is 4.77. The first kappa shape index (κ1) is 15.2. The molecule has 108 valence electrons. The van der Waals surface area contributed by atoms with Gasteiger partial charge in [0.05, 0.1) is 11.7 Å². The fourth-order valence-electron chi connectivity index (χ4n) is 2.32. The van der Waals surface area contributed by atoms with Crippen molar-refractivity contribution in [3.8, 4) is 0 Å². The molecule has 1 aromatic carbocycles. The summed E-state index contributed by atoms with van der Waals surface area (Å²) < 4.78 is 0. The van der Waals surface area contributed by atoms with Crippen molar-refractivity contribution in [2.45, 2.75) is 53.6 Å². The topological polar surface area (TPSA) is 24.9 Å². The molecule has 2 nitrogen and oxygen atoms in total. The number of benzene rings is 1. The van der Waals surface area contributed by atoms with Crippen LogP contribution in [0, 0.1) is 27.7 Å². The predicted octanol–water partition coefficient (Wildman–Crippen LogP) is 4.46. The maximum Gasteiger partial charge on any atom is 0.115 e. The molecule has 1 heterocycles. The van der Waals surface area contributed by atoms with Gasteiger partial charge in [-0.25, -0.2) is 4.98 Å². The second-order valence-electron chi connectivity index (χ2n) is 5.81. The molecule has 0 spiro atoms. The van der Waals surface area contributed by atoms with E-state index in [0.717, 1.165) is 5.69 Å². The third-order valence-corrected chi connectivity index (χ3v) is 4.68. The van der Waals surface area contributed by atoms with Gasteiger partial charge in [0.1, 0.15) is 5.01 Å². The molecule has 0 aliphatic rings. The number of nitrogens with one attached hydrogen (secondary N) is 1. The molecular formula is C17H24N2S. The van der Waals surface area contributed by atoms with Gasteiger partial charge < -0.3 is 5.32 Å². The molecule has 1 N–H and O–H groups in total. The van der Waals surface area contributed by atoms with E-state index in [9.17, 15) is 0 Å². The van der Waals surface area contributed by atoms with Crippen molar-refractivity contribution in [3.63, 3.8) is 0 Å². The Morgan fingerprint density at radius 2 is 1.80 bits per heavy atom. The van der Waals surface area contributed by atoms with E-state index in [0.29, 0.717) is 6.04 Å². The van der Waals surface area contributed by atoms with Gasteiger partial charge in [-0.2, -0.15) is 0 Å². The Morgan fingerprint density at radius 1 is 1.10 bits per heavy atom. The number of hydrogen-bond acceptors (Lipinski definition) is 3. The van der Waals surface area contributed by atoms with Crippen LogP contribution in [0.2, 0.25) is 0 Å². The Hall–Kier alpha value is -1.19. The Bertz CT molecular complexity index is 580. The Balaban J connectivity index is 2.49. The van der Waals surface area contributed by atoms with E-state index in [4.69, 9.17) is 4.98 Å². The van der Waals surface area contributed by atoms with Crippen LogP contribution in [0.25, 0.3) is 0 Å². The number of hydrogen-bond donors (Lipinski definition) is 1. The van der Waals surface area contributed by atoms with E-state index in [2.05, 4.69) is 65.1 Å². The van der Waals surface area contributed by atoms with Crippen LogP contribution in [-0.4, -0.2) is 11.0 Å². The average Bonchev–Trinajstić information content (AvgIpc) is 2.69. The van der Waals surface area contributed by atoms with Gasteiger partial charge in [-0.05, 0) is 52.7 Å². The number of rotatable bonds is 4. The minimum atomic E-state index is 0.187. The van der Waals surface area contributed by atoms with E-state index >= 15 is 0 Å². The SMILES string of the molecule is Cc1ccc(C)c(C(NC(C)C)c2nc(C)c(C)s2)c1. The summed E-state index contributed by atoms with van der Waals surface area (Å²) in [5.74, 6) is 0. The van der Waals surface area contributed by atoms with Crippen molar-refractivity contribution in [1.29, 1.82) is 0 Å². The van der Waals surface area contributed by atoms with E-state index in [1.165, 1.54) is 26.6 Å². The lowest BCUT2D eigenvalue weighted by Crippen LogP contribution is -2.29. The number of nitrogens with zero attached hydrogens (tertiary/aromatic N) is 1. The molecule has 0 aliphatic carbocycles. The smallest absolute Gasteiger partial charge is 0.115 e. The van der Waals surface area contributed by atoms with Crippen molar-refractivity contribution in [1.82, 2.24) is 10.3 Å². The van der Waals surface area contributed by atoms with Crippen LogP contribution in [-0.2, 0) is 0 Å². The quantitative estimate of drug-likeness (QED) is 0.898. The number of aromatic nitrogens is 1. The first-order valence-corrected chi connectivity index (χ1v) is 7.97. The van der Waals surface area contributed by atoms with Crippen molar-refractivity contribution in [2.75, 3.05) is 0 Å². The molecule has 0 saturated carbocycles. The van der Waals surface area contributed by atoms with Crippen LogP contribution in [0.15, 0.2) is 18.2 Å². The van der Waals surface area contributed by atoms with E-state index < -0.39 is 0 Å². The molecule has 0 bridgehead atoms. The summed E-state index contributed by atoms with van der Waals surface area (Å²) >= 11 is 1.80. The minimum absolute atomic E-state index is 0.187. The average molecular weight is 288 g/mol. The highest BCUT2D eigenvalue weighted by atomic mass is 32.1. The van der Waals surface area contributed by atoms with E-state index in [-0.39, 0.29) is 6.04 Å². The van der Waals surface area contributed by atoms with Crippen LogP contribution in [0.1, 0.15) is 52.2 Å². The fourth-order valence-corrected chi connectivity index (χ4v) is 3.32. The second-order valence-corrected chi connectivity index (χ2v) is 7.04.